The predicted octanol–water partition coefficient (Wildman–Crippen LogP) is 2.53. The fourth-order valence-electron chi connectivity index (χ4n) is 1.91. The number of hydrogen-bond donors (Lipinski definition) is 2. The molecule has 20 heavy (non-hydrogen) atoms. The van der Waals surface area contributed by atoms with E-state index >= 15 is 0 Å². The molecule has 0 bridgehead atoms. The van der Waals surface area contributed by atoms with Crippen molar-refractivity contribution in [1.82, 2.24) is 4.98 Å². The third-order valence-electron chi connectivity index (χ3n) is 3.49. The molecule has 1 heterocycles. The fourth-order valence-corrected chi connectivity index (χ4v) is 1.91. The van der Waals surface area contributed by atoms with Gasteiger partial charge >= 0.3 is 5.97 Å². The maximum absolute atomic E-state index is 12.1. The lowest BCUT2D eigenvalue weighted by Gasteiger charge is -2.16. The van der Waals surface area contributed by atoms with Gasteiger partial charge < -0.3 is 10.4 Å². The van der Waals surface area contributed by atoms with Gasteiger partial charge in [-0.25, -0.2) is 0 Å². The van der Waals surface area contributed by atoms with Crippen molar-refractivity contribution in [2.24, 2.45) is 11.8 Å². The molecule has 0 aliphatic carbocycles. The van der Waals surface area contributed by atoms with Crippen LogP contribution in [0, 0.1) is 11.8 Å². The number of pyridine rings is 1. The summed E-state index contributed by atoms with van der Waals surface area (Å²) in [4.78, 5) is 27.1. The van der Waals surface area contributed by atoms with Crippen molar-refractivity contribution in [1.29, 1.82) is 0 Å². The number of fused-ring (bicyclic) bond motifs is 1. The maximum Gasteiger partial charge on any atom is 0.307 e. The summed E-state index contributed by atoms with van der Waals surface area (Å²) < 4.78 is 0. The normalized spacial score (nSPS) is 13.7. The summed E-state index contributed by atoms with van der Waals surface area (Å²) in [6.45, 7) is 3.13. The Labute approximate surface area is 116 Å². The molecule has 0 saturated heterocycles. The molecule has 104 valence electrons. The van der Waals surface area contributed by atoms with Crippen molar-refractivity contribution >= 4 is 28.3 Å². The highest BCUT2D eigenvalue weighted by atomic mass is 16.4. The maximum atomic E-state index is 12.1. The van der Waals surface area contributed by atoms with Crippen LogP contribution < -0.4 is 5.32 Å². The van der Waals surface area contributed by atoms with E-state index in [1.165, 1.54) is 6.92 Å². The lowest BCUT2D eigenvalue weighted by molar-refractivity contribution is -0.145. The average Bonchev–Trinajstić information content (AvgIpc) is 2.46. The lowest BCUT2D eigenvalue weighted by Crippen LogP contribution is -2.30. The average molecular weight is 272 g/mol. The number of benzene rings is 1. The Morgan fingerprint density at radius 1 is 1.20 bits per heavy atom. The summed E-state index contributed by atoms with van der Waals surface area (Å²) in [6, 6.07) is 7.40. The first-order valence-electron chi connectivity index (χ1n) is 6.37. The van der Waals surface area contributed by atoms with Crippen LogP contribution in [0.2, 0.25) is 0 Å². The Kier molecular flexibility index (Phi) is 3.98. The van der Waals surface area contributed by atoms with Crippen LogP contribution in [-0.4, -0.2) is 22.0 Å². The predicted molar refractivity (Wildman–Crippen MR) is 76.3 cm³/mol. The number of carbonyl (C=O) groups is 2. The first-order chi connectivity index (χ1) is 9.50. The SMILES string of the molecule is CC(C(=O)O)C(C)C(=O)Nc1cccc2ccncc12. The van der Waals surface area contributed by atoms with E-state index in [1.54, 1.807) is 25.4 Å². The Hall–Kier alpha value is -2.43. The number of carboxylic acids is 1. The van der Waals surface area contributed by atoms with Gasteiger partial charge in [0, 0.05) is 23.7 Å². The molecule has 1 amide bonds. The first kappa shape index (κ1) is 14.0. The number of aliphatic carboxylic acids is 1. The molecule has 1 aromatic heterocycles. The Morgan fingerprint density at radius 2 is 1.95 bits per heavy atom. The number of aromatic nitrogens is 1. The minimum absolute atomic E-state index is 0.309. The van der Waals surface area contributed by atoms with Gasteiger partial charge in [0.15, 0.2) is 0 Å². The molecule has 2 N–H and O–H groups in total. The molecular weight excluding hydrogens is 256 g/mol. The number of carbonyl (C=O) groups excluding carboxylic acids is 1. The molecule has 0 fully saturated rings. The van der Waals surface area contributed by atoms with Crippen molar-refractivity contribution < 1.29 is 14.7 Å². The molecule has 0 aliphatic rings. The molecule has 0 spiro atoms. The van der Waals surface area contributed by atoms with Crippen molar-refractivity contribution in [2.75, 3.05) is 5.32 Å². The number of amides is 1. The van der Waals surface area contributed by atoms with Crippen LogP contribution in [0.4, 0.5) is 5.69 Å². The van der Waals surface area contributed by atoms with Gasteiger partial charge in [0.25, 0.3) is 0 Å². The molecule has 0 radical (unpaired) electrons. The Bertz CT molecular complexity index is 649. The standard InChI is InChI=1S/C15H16N2O3/c1-9(10(2)15(19)20)14(18)17-13-5-3-4-11-6-7-16-8-12(11)13/h3-10H,1-2H3,(H,17,18)(H,19,20). The second-order valence-electron chi connectivity index (χ2n) is 4.81. The Morgan fingerprint density at radius 3 is 2.65 bits per heavy atom. The van der Waals surface area contributed by atoms with E-state index in [0.29, 0.717) is 5.69 Å². The summed E-state index contributed by atoms with van der Waals surface area (Å²) >= 11 is 0. The van der Waals surface area contributed by atoms with E-state index in [1.807, 2.05) is 18.2 Å². The molecule has 5 nitrogen and oxygen atoms in total. The smallest absolute Gasteiger partial charge is 0.307 e. The van der Waals surface area contributed by atoms with Gasteiger partial charge in [0.2, 0.25) is 5.91 Å². The zero-order chi connectivity index (χ0) is 14.7. The second-order valence-corrected chi connectivity index (χ2v) is 4.81. The van der Waals surface area contributed by atoms with Gasteiger partial charge in [-0.2, -0.15) is 0 Å². The third kappa shape index (κ3) is 2.77. The number of rotatable bonds is 4. The van der Waals surface area contributed by atoms with Crippen molar-refractivity contribution in [3.05, 3.63) is 36.7 Å². The highest BCUT2D eigenvalue weighted by molar-refractivity contribution is 6.03. The molecule has 2 atom stereocenters. The largest absolute Gasteiger partial charge is 0.481 e. The molecule has 0 saturated carbocycles. The minimum atomic E-state index is -0.979. The third-order valence-corrected chi connectivity index (χ3v) is 3.49. The summed E-state index contributed by atoms with van der Waals surface area (Å²) in [5, 5.41) is 13.5. The van der Waals surface area contributed by atoms with E-state index in [2.05, 4.69) is 10.3 Å². The van der Waals surface area contributed by atoms with Crippen LogP contribution in [0.5, 0.6) is 0 Å². The highest BCUT2D eigenvalue weighted by Crippen LogP contribution is 2.23. The van der Waals surface area contributed by atoms with E-state index < -0.39 is 17.8 Å². The molecule has 2 rings (SSSR count). The van der Waals surface area contributed by atoms with Gasteiger partial charge in [0.1, 0.15) is 0 Å². The number of nitrogens with zero attached hydrogens (tertiary/aromatic N) is 1. The van der Waals surface area contributed by atoms with Crippen LogP contribution in [-0.2, 0) is 9.59 Å². The van der Waals surface area contributed by atoms with E-state index in [-0.39, 0.29) is 5.91 Å². The highest BCUT2D eigenvalue weighted by Gasteiger charge is 2.26. The zero-order valence-corrected chi connectivity index (χ0v) is 11.3. The number of carboxylic acid groups (broad SMARTS) is 1. The summed E-state index contributed by atoms with van der Waals surface area (Å²) in [6.07, 6.45) is 3.36. The first-order valence-corrected chi connectivity index (χ1v) is 6.37. The minimum Gasteiger partial charge on any atom is -0.481 e. The van der Waals surface area contributed by atoms with Crippen molar-refractivity contribution in [3.8, 4) is 0 Å². The molecule has 2 aromatic rings. The topological polar surface area (TPSA) is 79.3 Å². The van der Waals surface area contributed by atoms with Crippen LogP contribution in [0.3, 0.4) is 0 Å². The van der Waals surface area contributed by atoms with Crippen LogP contribution >= 0.6 is 0 Å². The molecule has 1 aromatic carbocycles. The molecule has 2 unspecified atom stereocenters. The number of nitrogens with one attached hydrogen (secondary N) is 1. The lowest BCUT2D eigenvalue weighted by atomic mass is 9.95. The summed E-state index contributed by atoms with van der Waals surface area (Å²) in [5.41, 5.74) is 0.644. The number of hydrogen-bond acceptors (Lipinski definition) is 3. The molecule has 5 heteroatoms. The zero-order valence-electron chi connectivity index (χ0n) is 11.3. The van der Waals surface area contributed by atoms with Gasteiger partial charge in [-0.1, -0.05) is 26.0 Å². The monoisotopic (exact) mass is 272 g/mol. The van der Waals surface area contributed by atoms with Crippen LogP contribution in [0.15, 0.2) is 36.7 Å². The molecular formula is C15H16N2O3. The number of anilines is 1. The second kappa shape index (κ2) is 5.69. The van der Waals surface area contributed by atoms with E-state index in [9.17, 15) is 9.59 Å². The van der Waals surface area contributed by atoms with Gasteiger partial charge in [0.05, 0.1) is 11.6 Å². The van der Waals surface area contributed by atoms with Gasteiger partial charge in [-0.3, -0.25) is 14.6 Å². The van der Waals surface area contributed by atoms with Crippen molar-refractivity contribution in [3.63, 3.8) is 0 Å². The summed E-state index contributed by atoms with van der Waals surface area (Å²) in [5.74, 6) is -2.63. The van der Waals surface area contributed by atoms with Crippen LogP contribution in [0.1, 0.15) is 13.8 Å². The van der Waals surface area contributed by atoms with Gasteiger partial charge in [-0.05, 0) is 17.5 Å². The fraction of sp³-hybridized carbons (Fsp3) is 0.267. The molecule has 0 aliphatic heterocycles. The van der Waals surface area contributed by atoms with Gasteiger partial charge in [-0.15, -0.1) is 0 Å². The van der Waals surface area contributed by atoms with Crippen molar-refractivity contribution in [2.45, 2.75) is 13.8 Å². The summed E-state index contributed by atoms with van der Waals surface area (Å²) in [7, 11) is 0. The Balaban J connectivity index is 2.24. The van der Waals surface area contributed by atoms with E-state index in [0.717, 1.165) is 10.8 Å². The quantitative estimate of drug-likeness (QED) is 0.896. The van der Waals surface area contributed by atoms with Crippen LogP contribution in [0.25, 0.3) is 10.8 Å². The van der Waals surface area contributed by atoms with E-state index in [4.69, 9.17) is 5.11 Å².